The van der Waals surface area contributed by atoms with Crippen molar-refractivity contribution >= 4 is 20.7 Å². The number of halogens is 1. The first-order chi connectivity index (χ1) is 7.50. The average Bonchev–Trinajstić information content (AvgIpc) is 2.58. The van der Waals surface area contributed by atoms with Crippen molar-refractivity contribution in [1.29, 1.82) is 0 Å². The SMILES string of the molecule is CCS(=O)(=O)Cc1cc2cc(F)ccc2[nH]1. The van der Waals surface area contributed by atoms with Gasteiger partial charge in [0.15, 0.2) is 9.84 Å². The van der Waals surface area contributed by atoms with Gasteiger partial charge in [0.1, 0.15) is 5.82 Å². The van der Waals surface area contributed by atoms with Crippen molar-refractivity contribution in [2.75, 3.05) is 5.75 Å². The second kappa shape index (κ2) is 3.90. The average molecular weight is 241 g/mol. The first kappa shape index (κ1) is 11.1. The van der Waals surface area contributed by atoms with E-state index in [9.17, 15) is 12.8 Å². The lowest BCUT2D eigenvalue weighted by Gasteiger charge is -1.97. The van der Waals surface area contributed by atoms with E-state index in [1.54, 1.807) is 19.1 Å². The van der Waals surface area contributed by atoms with Crippen molar-refractivity contribution in [1.82, 2.24) is 4.98 Å². The minimum atomic E-state index is -3.06. The summed E-state index contributed by atoms with van der Waals surface area (Å²) >= 11 is 0. The predicted molar refractivity (Wildman–Crippen MR) is 61.4 cm³/mol. The van der Waals surface area contributed by atoms with Gasteiger partial charge in [0.2, 0.25) is 0 Å². The van der Waals surface area contributed by atoms with Crippen molar-refractivity contribution in [2.24, 2.45) is 0 Å². The fourth-order valence-electron chi connectivity index (χ4n) is 1.58. The minimum absolute atomic E-state index is 0.0280. The summed E-state index contributed by atoms with van der Waals surface area (Å²) in [6.45, 7) is 1.61. The quantitative estimate of drug-likeness (QED) is 0.896. The lowest BCUT2D eigenvalue weighted by atomic mass is 10.2. The molecule has 0 atom stereocenters. The molecule has 3 nitrogen and oxygen atoms in total. The maximum Gasteiger partial charge on any atom is 0.155 e. The van der Waals surface area contributed by atoms with E-state index < -0.39 is 9.84 Å². The molecule has 2 aromatic rings. The number of fused-ring (bicyclic) bond motifs is 1. The van der Waals surface area contributed by atoms with Gasteiger partial charge in [0.25, 0.3) is 0 Å². The molecular formula is C11H12FNO2S. The predicted octanol–water partition coefficient (Wildman–Crippen LogP) is 2.24. The molecule has 1 aromatic carbocycles. The van der Waals surface area contributed by atoms with Crippen LogP contribution in [0.3, 0.4) is 0 Å². The van der Waals surface area contributed by atoms with Gasteiger partial charge in [-0.2, -0.15) is 0 Å². The Labute approximate surface area is 93.2 Å². The number of benzene rings is 1. The molecular weight excluding hydrogens is 229 g/mol. The molecule has 0 bridgehead atoms. The third kappa shape index (κ3) is 2.24. The van der Waals surface area contributed by atoms with Gasteiger partial charge in [-0.25, -0.2) is 12.8 Å². The Morgan fingerprint density at radius 3 is 2.75 bits per heavy atom. The Morgan fingerprint density at radius 2 is 2.06 bits per heavy atom. The molecule has 0 aliphatic carbocycles. The van der Waals surface area contributed by atoms with Gasteiger partial charge < -0.3 is 4.98 Å². The molecule has 1 aromatic heterocycles. The van der Waals surface area contributed by atoms with Crippen LogP contribution in [0.15, 0.2) is 24.3 Å². The van der Waals surface area contributed by atoms with E-state index in [-0.39, 0.29) is 17.3 Å². The number of H-pyrrole nitrogens is 1. The number of nitrogens with one attached hydrogen (secondary N) is 1. The molecule has 0 spiro atoms. The molecule has 0 aliphatic heterocycles. The number of aromatic nitrogens is 1. The highest BCUT2D eigenvalue weighted by Gasteiger charge is 2.11. The van der Waals surface area contributed by atoms with Crippen LogP contribution in [0.4, 0.5) is 4.39 Å². The van der Waals surface area contributed by atoms with Crippen LogP contribution in [0.25, 0.3) is 10.9 Å². The Hall–Kier alpha value is -1.36. The van der Waals surface area contributed by atoms with Crippen LogP contribution in [0.1, 0.15) is 12.6 Å². The molecule has 5 heteroatoms. The van der Waals surface area contributed by atoms with E-state index in [2.05, 4.69) is 4.98 Å². The summed E-state index contributed by atoms with van der Waals surface area (Å²) in [5, 5.41) is 0.696. The lowest BCUT2D eigenvalue weighted by Crippen LogP contribution is -2.06. The van der Waals surface area contributed by atoms with Crippen molar-refractivity contribution in [2.45, 2.75) is 12.7 Å². The molecule has 0 aliphatic rings. The molecule has 0 amide bonds. The van der Waals surface area contributed by atoms with Gasteiger partial charge >= 0.3 is 0 Å². The molecule has 0 unspecified atom stereocenters. The highest BCUT2D eigenvalue weighted by molar-refractivity contribution is 7.90. The number of sulfone groups is 1. The second-order valence-corrected chi connectivity index (χ2v) is 6.06. The zero-order valence-corrected chi connectivity index (χ0v) is 9.64. The number of hydrogen-bond donors (Lipinski definition) is 1. The van der Waals surface area contributed by atoms with Gasteiger partial charge in [0, 0.05) is 22.3 Å². The van der Waals surface area contributed by atoms with Gasteiger partial charge in [-0.3, -0.25) is 0 Å². The molecule has 0 fully saturated rings. The Kier molecular flexibility index (Phi) is 2.71. The smallest absolute Gasteiger partial charge is 0.155 e. The highest BCUT2D eigenvalue weighted by atomic mass is 32.2. The van der Waals surface area contributed by atoms with Crippen LogP contribution in [0.2, 0.25) is 0 Å². The van der Waals surface area contributed by atoms with Crippen molar-refractivity contribution in [3.05, 3.63) is 35.8 Å². The van der Waals surface area contributed by atoms with E-state index >= 15 is 0 Å². The molecule has 86 valence electrons. The molecule has 0 saturated heterocycles. The summed E-state index contributed by atoms with van der Waals surface area (Å²) in [6, 6.07) is 6.00. The fourth-order valence-corrected chi connectivity index (χ4v) is 2.41. The first-order valence-corrected chi connectivity index (χ1v) is 6.80. The zero-order chi connectivity index (χ0) is 11.8. The van der Waals surface area contributed by atoms with E-state index in [4.69, 9.17) is 0 Å². The van der Waals surface area contributed by atoms with Crippen LogP contribution in [0, 0.1) is 5.82 Å². The topological polar surface area (TPSA) is 49.9 Å². The molecule has 1 N–H and O–H groups in total. The maximum absolute atomic E-state index is 12.9. The van der Waals surface area contributed by atoms with Crippen LogP contribution < -0.4 is 0 Å². The van der Waals surface area contributed by atoms with E-state index in [0.29, 0.717) is 11.1 Å². The molecule has 1 heterocycles. The summed E-state index contributed by atoms with van der Waals surface area (Å²) in [5.74, 6) is -0.243. The number of hydrogen-bond acceptors (Lipinski definition) is 2. The summed E-state index contributed by atoms with van der Waals surface area (Å²) < 4.78 is 35.8. The monoisotopic (exact) mass is 241 g/mol. The zero-order valence-electron chi connectivity index (χ0n) is 8.83. The summed E-state index contributed by atoms with van der Waals surface area (Å²) in [7, 11) is -3.06. The molecule has 0 radical (unpaired) electrons. The van der Waals surface area contributed by atoms with Crippen molar-refractivity contribution in [3.63, 3.8) is 0 Å². The van der Waals surface area contributed by atoms with Gasteiger partial charge in [-0.1, -0.05) is 6.92 Å². The second-order valence-electron chi connectivity index (χ2n) is 3.70. The molecule has 0 saturated carbocycles. The highest BCUT2D eigenvalue weighted by Crippen LogP contribution is 2.18. The Morgan fingerprint density at radius 1 is 1.31 bits per heavy atom. The fraction of sp³-hybridized carbons (Fsp3) is 0.273. The summed E-state index contributed by atoms with van der Waals surface area (Å²) in [6.07, 6.45) is 0. The van der Waals surface area contributed by atoms with Gasteiger partial charge in [0.05, 0.1) is 5.75 Å². The van der Waals surface area contributed by atoms with Crippen LogP contribution >= 0.6 is 0 Å². The third-order valence-corrected chi connectivity index (χ3v) is 4.08. The summed E-state index contributed by atoms with van der Waals surface area (Å²) in [5.41, 5.74) is 1.35. The largest absolute Gasteiger partial charge is 0.358 e. The number of aromatic amines is 1. The number of rotatable bonds is 3. The molecule has 2 rings (SSSR count). The van der Waals surface area contributed by atoms with Crippen LogP contribution in [-0.2, 0) is 15.6 Å². The summed E-state index contributed by atoms with van der Waals surface area (Å²) in [4.78, 5) is 2.97. The first-order valence-electron chi connectivity index (χ1n) is 4.98. The molecule has 16 heavy (non-hydrogen) atoms. The normalized spacial score (nSPS) is 12.1. The van der Waals surface area contributed by atoms with Crippen molar-refractivity contribution < 1.29 is 12.8 Å². The van der Waals surface area contributed by atoms with Crippen LogP contribution in [-0.4, -0.2) is 19.2 Å². The third-order valence-electron chi connectivity index (χ3n) is 2.45. The van der Waals surface area contributed by atoms with E-state index in [0.717, 1.165) is 5.52 Å². The van der Waals surface area contributed by atoms with Gasteiger partial charge in [-0.15, -0.1) is 0 Å². The van der Waals surface area contributed by atoms with Crippen LogP contribution in [0.5, 0.6) is 0 Å². The van der Waals surface area contributed by atoms with E-state index in [1.807, 2.05) is 0 Å². The Balaban J connectivity index is 2.40. The maximum atomic E-state index is 12.9. The van der Waals surface area contributed by atoms with E-state index in [1.165, 1.54) is 12.1 Å². The lowest BCUT2D eigenvalue weighted by molar-refractivity contribution is 0.596. The minimum Gasteiger partial charge on any atom is -0.358 e. The standard InChI is InChI=1S/C11H12FNO2S/c1-2-16(14,15)7-10-6-8-5-9(12)3-4-11(8)13-10/h3-6,13H,2,7H2,1H3. The Bertz CT molecular complexity index is 616. The van der Waals surface area contributed by atoms with Gasteiger partial charge in [-0.05, 0) is 24.3 Å². The van der Waals surface area contributed by atoms with Crippen molar-refractivity contribution in [3.8, 4) is 0 Å².